The molecular formula is C12H10F3N3. The molecule has 0 aliphatic carbocycles. The molecule has 0 spiro atoms. The minimum absolute atomic E-state index is 0.0896. The fourth-order valence-corrected chi connectivity index (χ4v) is 1.65. The summed E-state index contributed by atoms with van der Waals surface area (Å²) in [7, 11) is 0. The topological polar surface area (TPSA) is 51.8 Å². The van der Waals surface area contributed by atoms with E-state index in [0.29, 0.717) is 16.8 Å². The molecule has 1 heterocycles. The predicted octanol–water partition coefficient (Wildman–Crippen LogP) is 3.05. The molecule has 18 heavy (non-hydrogen) atoms. The van der Waals surface area contributed by atoms with E-state index in [1.54, 1.807) is 13.0 Å². The normalized spacial score (nSPS) is 11.6. The average Bonchev–Trinajstić information content (AvgIpc) is 2.27. The summed E-state index contributed by atoms with van der Waals surface area (Å²) in [5.74, 6) is 0.0896. The van der Waals surface area contributed by atoms with E-state index >= 15 is 0 Å². The zero-order valence-electron chi connectivity index (χ0n) is 9.49. The highest BCUT2D eigenvalue weighted by atomic mass is 19.4. The summed E-state index contributed by atoms with van der Waals surface area (Å²) in [6.45, 7) is 1.60. The van der Waals surface area contributed by atoms with E-state index in [4.69, 9.17) is 5.73 Å². The Bertz CT molecular complexity index is 579. The number of nitrogen functional groups attached to an aromatic ring is 1. The number of benzene rings is 1. The Hall–Kier alpha value is -2.11. The first-order chi connectivity index (χ1) is 8.38. The zero-order chi connectivity index (χ0) is 13.3. The van der Waals surface area contributed by atoms with Gasteiger partial charge < -0.3 is 5.73 Å². The van der Waals surface area contributed by atoms with E-state index in [0.717, 1.165) is 12.1 Å². The molecule has 3 nitrogen and oxygen atoms in total. The number of aryl methyl sites for hydroxylation is 1. The summed E-state index contributed by atoms with van der Waals surface area (Å²) in [6.07, 6.45) is -2.87. The smallest absolute Gasteiger partial charge is 0.368 e. The summed E-state index contributed by atoms with van der Waals surface area (Å²) in [5, 5.41) is 0. The van der Waals surface area contributed by atoms with Gasteiger partial charge in [-0.3, -0.25) is 0 Å². The highest BCUT2D eigenvalue weighted by Gasteiger charge is 2.30. The van der Waals surface area contributed by atoms with E-state index in [9.17, 15) is 13.2 Å². The van der Waals surface area contributed by atoms with Gasteiger partial charge in [-0.25, -0.2) is 9.97 Å². The maximum Gasteiger partial charge on any atom is 0.416 e. The number of aromatic nitrogens is 2. The molecule has 2 rings (SSSR count). The van der Waals surface area contributed by atoms with Crippen molar-refractivity contribution in [2.45, 2.75) is 13.1 Å². The molecule has 94 valence electrons. The highest BCUT2D eigenvalue weighted by molar-refractivity contribution is 5.64. The molecule has 1 aromatic carbocycles. The largest absolute Gasteiger partial charge is 0.416 e. The third-order valence-electron chi connectivity index (χ3n) is 2.50. The maximum absolute atomic E-state index is 12.5. The molecule has 2 aromatic rings. The minimum Gasteiger partial charge on any atom is -0.368 e. The lowest BCUT2D eigenvalue weighted by Gasteiger charge is -2.10. The first-order valence-electron chi connectivity index (χ1n) is 5.14. The van der Waals surface area contributed by atoms with E-state index in [1.165, 1.54) is 12.3 Å². The van der Waals surface area contributed by atoms with Gasteiger partial charge in [0.1, 0.15) is 0 Å². The van der Waals surface area contributed by atoms with Crippen LogP contribution in [0.1, 0.15) is 11.1 Å². The molecule has 0 saturated carbocycles. The molecule has 0 fully saturated rings. The van der Waals surface area contributed by atoms with Gasteiger partial charge in [0.05, 0.1) is 11.3 Å². The standard InChI is InChI=1S/C12H10F3N3/c1-7-6-8(12(13,14)15)2-3-9(7)10-4-5-17-11(16)18-10/h2-6H,1H3,(H2,16,17,18). The van der Waals surface area contributed by atoms with Crippen LogP contribution in [0, 0.1) is 6.92 Å². The number of anilines is 1. The molecule has 0 aliphatic rings. The summed E-state index contributed by atoms with van der Waals surface area (Å²) in [6, 6.07) is 5.11. The maximum atomic E-state index is 12.5. The van der Waals surface area contributed by atoms with Crippen LogP contribution in [0.15, 0.2) is 30.5 Å². The van der Waals surface area contributed by atoms with Crippen LogP contribution < -0.4 is 5.73 Å². The number of nitrogens with two attached hydrogens (primary N) is 1. The van der Waals surface area contributed by atoms with Crippen LogP contribution in [0.2, 0.25) is 0 Å². The Balaban J connectivity index is 2.48. The van der Waals surface area contributed by atoms with Gasteiger partial charge >= 0.3 is 6.18 Å². The van der Waals surface area contributed by atoms with Gasteiger partial charge in [0.2, 0.25) is 5.95 Å². The van der Waals surface area contributed by atoms with Crippen LogP contribution in [-0.4, -0.2) is 9.97 Å². The van der Waals surface area contributed by atoms with Crippen molar-refractivity contribution in [1.82, 2.24) is 9.97 Å². The van der Waals surface area contributed by atoms with Crippen molar-refractivity contribution in [3.8, 4) is 11.3 Å². The summed E-state index contributed by atoms with van der Waals surface area (Å²) < 4.78 is 37.6. The predicted molar refractivity (Wildman–Crippen MR) is 61.6 cm³/mol. The number of halogens is 3. The van der Waals surface area contributed by atoms with Crippen molar-refractivity contribution in [2.75, 3.05) is 5.73 Å². The number of rotatable bonds is 1. The molecular weight excluding hydrogens is 243 g/mol. The molecule has 0 amide bonds. The quantitative estimate of drug-likeness (QED) is 0.849. The first kappa shape index (κ1) is 12.3. The second-order valence-electron chi connectivity index (χ2n) is 3.83. The number of hydrogen-bond donors (Lipinski definition) is 1. The fourth-order valence-electron chi connectivity index (χ4n) is 1.65. The van der Waals surface area contributed by atoms with E-state index in [1.807, 2.05) is 0 Å². The lowest BCUT2D eigenvalue weighted by molar-refractivity contribution is -0.137. The fraction of sp³-hybridized carbons (Fsp3) is 0.167. The van der Waals surface area contributed by atoms with Crippen molar-refractivity contribution in [3.05, 3.63) is 41.6 Å². The van der Waals surface area contributed by atoms with Crippen LogP contribution in [0.3, 0.4) is 0 Å². The van der Waals surface area contributed by atoms with Gasteiger partial charge in [-0.15, -0.1) is 0 Å². The van der Waals surface area contributed by atoms with Crippen LogP contribution in [-0.2, 0) is 6.18 Å². The van der Waals surface area contributed by atoms with Gasteiger partial charge in [-0.05, 0) is 30.7 Å². The van der Waals surface area contributed by atoms with E-state index < -0.39 is 11.7 Å². The second kappa shape index (κ2) is 4.29. The zero-order valence-corrected chi connectivity index (χ0v) is 9.49. The Morgan fingerprint density at radius 1 is 1.17 bits per heavy atom. The third kappa shape index (κ3) is 2.42. The molecule has 0 unspecified atom stereocenters. The number of alkyl halides is 3. The minimum atomic E-state index is -4.34. The van der Waals surface area contributed by atoms with Crippen LogP contribution in [0.5, 0.6) is 0 Å². The summed E-state index contributed by atoms with van der Waals surface area (Å²) in [4.78, 5) is 7.72. The monoisotopic (exact) mass is 253 g/mol. The molecule has 0 bridgehead atoms. The molecule has 2 N–H and O–H groups in total. The van der Waals surface area contributed by atoms with Crippen molar-refractivity contribution in [1.29, 1.82) is 0 Å². The average molecular weight is 253 g/mol. The van der Waals surface area contributed by atoms with Crippen molar-refractivity contribution in [3.63, 3.8) is 0 Å². The third-order valence-corrected chi connectivity index (χ3v) is 2.50. The lowest BCUT2D eigenvalue weighted by atomic mass is 10.0. The van der Waals surface area contributed by atoms with Crippen LogP contribution >= 0.6 is 0 Å². The number of hydrogen-bond acceptors (Lipinski definition) is 3. The van der Waals surface area contributed by atoms with Crippen molar-refractivity contribution in [2.24, 2.45) is 0 Å². The van der Waals surface area contributed by atoms with Crippen molar-refractivity contribution >= 4 is 5.95 Å². The Morgan fingerprint density at radius 2 is 1.89 bits per heavy atom. The molecule has 0 atom stereocenters. The van der Waals surface area contributed by atoms with Crippen LogP contribution in [0.25, 0.3) is 11.3 Å². The molecule has 0 radical (unpaired) electrons. The second-order valence-corrected chi connectivity index (χ2v) is 3.83. The molecule has 6 heteroatoms. The number of nitrogens with zero attached hydrogens (tertiary/aromatic N) is 2. The first-order valence-corrected chi connectivity index (χ1v) is 5.14. The van der Waals surface area contributed by atoms with Gasteiger partial charge in [-0.2, -0.15) is 13.2 Å². The van der Waals surface area contributed by atoms with Gasteiger partial charge in [0.15, 0.2) is 0 Å². The Morgan fingerprint density at radius 3 is 2.44 bits per heavy atom. The van der Waals surface area contributed by atoms with Crippen LogP contribution in [0.4, 0.5) is 19.1 Å². The SMILES string of the molecule is Cc1cc(C(F)(F)F)ccc1-c1ccnc(N)n1. The molecule has 0 saturated heterocycles. The Kier molecular flexibility index (Phi) is 2.94. The Labute approximate surface area is 101 Å². The summed E-state index contributed by atoms with van der Waals surface area (Å²) in [5.41, 5.74) is 6.37. The van der Waals surface area contributed by atoms with Gasteiger partial charge in [0.25, 0.3) is 0 Å². The van der Waals surface area contributed by atoms with Gasteiger partial charge in [-0.1, -0.05) is 6.07 Å². The van der Waals surface area contributed by atoms with E-state index in [2.05, 4.69) is 9.97 Å². The summed E-state index contributed by atoms with van der Waals surface area (Å²) >= 11 is 0. The van der Waals surface area contributed by atoms with Gasteiger partial charge in [0, 0.05) is 11.8 Å². The molecule has 0 aliphatic heterocycles. The van der Waals surface area contributed by atoms with E-state index in [-0.39, 0.29) is 5.95 Å². The molecule has 1 aromatic heterocycles. The van der Waals surface area contributed by atoms with Crippen molar-refractivity contribution < 1.29 is 13.2 Å². The lowest BCUT2D eigenvalue weighted by Crippen LogP contribution is -2.05. The highest BCUT2D eigenvalue weighted by Crippen LogP contribution is 2.32.